The Balaban J connectivity index is 2.57. The van der Waals surface area contributed by atoms with Gasteiger partial charge in [0, 0.05) is 17.1 Å². The molecule has 3 nitrogen and oxygen atoms in total. The number of carbonyl (C=O) groups is 1. The van der Waals surface area contributed by atoms with E-state index in [2.05, 4.69) is 4.98 Å². The van der Waals surface area contributed by atoms with Crippen LogP contribution in [0.3, 0.4) is 0 Å². The molecule has 0 spiro atoms. The molecule has 0 unspecified atom stereocenters. The molecule has 0 amide bonds. The molecule has 0 aliphatic rings. The monoisotopic (exact) mass is 203 g/mol. The zero-order chi connectivity index (χ0) is 10.8. The van der Waals surface area contributed by atoms with Crippen LogP contribution in [0.25, 0.3) is 10.9 Å². The molecule has 0 saturated heterocycles. The molecule has 2 aromatic rings. The second kappa shape index (κ2) is 3.77. The van der Waals surface area contributed by atoms with Crippen LogP contribution in [0.15, 0.2) is 24.4 Å². The Bertz CT molecular complexity index is 499. The number of esters is 1. The van der Waals surface area contributed by atoms with Gasteiger partial charge in [-0.15, -0.1) is 0 Å². The van der Waals surface area contributed by atoms with Crippen LogP contribution < -0.4 is 0 Å². The first-order valence-electron chi connectivity index (χ1n) is 4.98. The quantitative estimate of drug-likeness (QED) is 0.762. The molecule has 2 rings (SSSR count). The number of aromatic nitrogens is 1. The van der Waals surface area contributed by atoms with Gasteiger partial charge in [0.1, 0.15) is 0 Å². The third-order valence-corrected chi connectivity index (χ3v) is 2.41. The third-order valence-electron chi connectivity index (χ3n) is 2.41. The lowest BCUT2D eigenvalue weighted by Crippen LogP contribution is -2.03. The second-order valence-electron chi connectivity index (χ2n) is 3.42. The molecule has 3 heteroatoms. The number of aryl methyl sites for hydroxylation is 1. The van der Waals surface area contributed by atoms with Crippen molar-refractivity contribution in [1.29, 1.82) is 0 Å². The highest BCUT2D eigenvalue weighted by atomic mass is 16.5. The van der Waals surface area contributed by atoms with E-state index in [-0.39, 0.29) is 5.97 Å². The van der Waals surface area contributed by atoms with Gasteiger partial charge in [-0.05, 0) is 25.5 Å². The molecule has 78 valence electrons. The molecule has 0 atom stereocenters. The first-order chi connectivity index (χ1) is 7.24. The molecular weight excluding hydrogens is 190 g/mol. The number of H-pyrrole nitrogens is 1. The van der Waals surface area contributed by atoms with Crippen LogP contribution >= 0.6 is 0 Å². The van der Waals surface area contributed by atoms with E-state index >= 15 is 0 Å². The number of fused-ring (bicyclic) bond motifs is 1. The van der Waals surface area contributed by atoms with Crippen molar-refractivity contribution in [3.63, 3.8) is 0 Å². The Morgan fingerprint density at radius 1 is 1.47 bits per heavy atom. The van der Waals surface area contributed by atoms with Crippen molar-refractivity contribution in [3.05, 3.63) is 35.5 Å². The zero-order valence-electron chi connectivity index (χ0n) is 8.83. The molecule has 0 saturated carbocycles. The van der Waals surface area contributed by atoms with Crippen LogP contribution in [0, 0.1) is 6.92 Å². The van der Waals surface area contributed by atoms with E-state index < -0.39 is 0 Å². The van der Waals surface area contributed by atoms with E-state index in [1.807, 2.05) is 25.1 Å². The van der Waals surface area contributed by atoms with E-state index in [9.17, 15) is 4.79 Å². The maximum atomic E-state index is 11.6. The van der Waals surface area contributed by atoms with Gasteiger partial charge in [-0.2, -0.15) is 0 Å². The van der Waals surface area contributed by atoms with Crippen molar-refractivity contribution in [1.82, 2.24) is 4.98 Å². The highest BCUT2D eigenvalue weighted by Crippen LogP contribution is 2.22. The van der Waals surface area contributed by atoms with Crippen molar-refractivity contribution in [2.24, 2.45) is 0 Å². The maximum absolute atomic E-state index is 11.6. The van der Waals surface area contributed by atoms with Gasteiger partial charge >= 0.3 is 5.97 Å². The number of benzene rings is 1. The third kappa shape index (κ3) is 1.61. The smallest absolute Gasteiger partial charge is 0.340 e. The Kier molecular flexibility index (Phi) is 2.46. The van der Waals surface area contributed by atoms with E-state index in [0.717, 1.165) is 16.5 Å². The summed E-state index contributed by atoms with van der Waals surface area (Å²) in [6.07, 6.45) is 1.70. The van der Waals surface area contributed by atoms with Crippen molar-refractivity contribution in [2.45, 2.75) is 13.8 Å². The number of ether oxygens (including phenoxy) is 1. The van der Waals surface area contributed by atoms with Gasteiger partial charge in [-0.3, -0.25) is 0 Å². The summed E-state index contributed by atoms with van der Waals surface area (Å²) in [7, 11) is 0. The van der Waals surface area contributed by atoms with Crippen LogP contribution in [-0.2, 0) is 4.74 Å². The zero-order valence-corrected chi connectivity index (χ0v) is 8.83. The van der Waals surface area contributed by atoms with Crippen molar-refractivity contribution in [2.75, 3.05) is 6.61 Å². The summed E-state index contributed by atoms with van der Waals surface area (Å²) in [6.45, 7) is 4.19. The van der Waals surface area contributed by atoms with Gasteiger partial charge in [-0.1, -0.05) is 12.1 Å². The lowest BCUT2D eigenvalue weighted by Gasteiger charge is -2.01. The lowest BCUT2D eigenvalue weighted by molar-refractivity contribution is 0.0528. The standard InChI is InChI=1S/C12H13NO2/c1-3-15-12(14)9-7-13-10-6-4-5-8(2)11(9)10/h4-7,13H,3H2,1-2H3. The van der Waals surface area contributed by atoms with Crippen molar-refractivity contribution < 1.29 is 9.53 Å². The maximum Gasteiger partial charge on any atom is 0.340 e. The van der Waals surface area contributed by atoms with Crippen LogP contribution in [-0.4, -0.2) is 17.6 Å². The molecule has 1 aromatic heterocycles. The number of nitrogens with one attached hydrogen (secondary N) is 1. The minimum absolute atomic E-state index is 0.266. The highest BCUT2D eigenvalue weighted by molar-refractivity contribution is 6.05. The molecule has 0 bridgehead atoms. The average molecular weight is 203 g/mol. The van der Waals surface area contributed by atoms with Crippen LogP contribution in [0.1, 0.15) is 22.8 Å². The van der Waals surface area contributed by atoms with Gasteiger partial charge in [0.25, 0.3) is 0 Å². The predicted octanol–water partition coefficient (Wildman–Crippen LogP) is 2.65. The molecule has 1 N–H and O–H groups in total. The molecule has 0 aliphatic carbocycles. The Labute approximate surface area is 88.1 Å². The minimum Gasteiger partial charge on any atom is -0.462 e. The van der Waals surface area contributed by atoms with Gasteiger partial charge in [0.2, 0.25) is 0 Å². The predicted molar refractivity (Wildman–Crippen MR) is 59.0 cm³/mol. The Morgan fingerprint density at radius 3 is 3.00 bits per heavy atom. The minimum atomic E-state index is -0.266. The van der Waals surface area contributed by atoms with Gasteiger partial charge in [0.05, 0.1) is 12.2 Å². The van der Waals surface area contributed by atoms with Crippen LogP contribution in [0.4, 0.5) is 0 Å². The molecule has 1 aromatic carbocycles. The molecular formula is C12H13NO2. The number of hydrogen-bond acceptors (Lipinski definition) is 2. The van der Waals surface area contributed by atoms with E-state index in [1.54, 1.807) is 13.1 Å². The summed E-state index contributed by atoms with van der Waals surface area (Å²) in [5.74, 6) is -0.266. The van der Waals surface area contributed by atoms with Crippen LogP contribution in [0.5, 0.6) is 0 Å². The van der Waals surface area contributed by atoms with Crippen LogP contribution in [0.2, 0.25) is 0 Å². The molecule has 15 heavy (non-hydrogen) atoms. The fourth-order valence-corrected chi connectivity index (χ4v) is 1.74. The second-order valence-corrected chi connectivity index (χ2v) is 3.42. The summed E-state index contributed by atoms with van der Waals surface area (Å²) >= 11 is 0. The summed E-state index contributed by atoms with van der Waals surface area (Å²) < 4.78 is 4.99. The molecule has 0 fully saturated rings. The normalized spacial score (nSPS) is 10.5. The SMILES string of the molecule is CCOC(=O)c1c[nH]c2cccc(C)c12. The Morgan fingerprint density at radius 2 is 2.27 bits per heavy atom. The average Bonchev–Trinajstić information content (AvgIpc) is 2.63. The largest absolute Gasteiger partial charge is 0.462 e. The fourth-order valence-electron chi connectivity index (χ4n) is 1.74. The van der Waals surface area contributed by atoms with Gasteiger partial charge in [-0.25, -0.2) is 4.79 Å². The van der Waals surface area contributed by atoms with Gasteiger partial charge < -0.3 is 9.72 Å². The van der Waals surface area contributed by atoms with E-state index in [4.69, 9.17) is 4.74 Å². The number of aromatic amines is 1. The Hall–Kier alpha value is -1.77. The first-order valence-corrected chi connectivity index (χ1v) is 4.98. The topological polar surface area (TPSA) is 42.1 Å². The first kappa shape index (κ1) is 9.77. The summed E-state index contributed by atoms with van der Waals surface area (Å²) in [4.78, 5) is 14.7. The number of rotatable bonds is 2. The van der Waals surface area contributed by atoms with Gasteiger partial charge in [0.15, 0.2) is 0 Å². The lowest BCUT2D eigenvalue weighted by atomic mass is 10.1. The molecule has 0 radical (unpaired) electrons. The fraction of sp³-hybridized carbons (Fsp3) is 0.250. The number of carbonyl (C=O) groups excluding carboxylic acids is 1. The summed E-state index contributed by atoms with van der Waals surface area (Å²) in [5.41, 5.74) is 2.67. The van der Waals surface area contributed by atoms with Crippen molar-refractivity contribution >= 4 is 16.9 Å². The molecule has 0 aliphatic heterocycles. The summed E-state index contributed by atoms with van der Waals surface area (Å²) in [6, 6.07) is 5.90. The molecule has 1 heterocycles. The number of hydrogen-bond donors (Lipinski definition) is 1. The summed E-state index contributed by atoms with van der Waals surface area (Å²) in [5, 5.41) is 0.955. The van der Waals surface area contributed by atoms with E-state index in [1.165, 1.54) is 0 Å². The van der Waals surface area contributed by atoms with Crippen molar-refractivity contribution in [3.8, 4) is 0 Å². The van der Waals surface area contributed by atoms with E-state index in [0.29, 0.717) is 12.2 Å². The highest BCUT2D eigenvalue weighted by Gasteiger charge is 2.13.